The van der Waals surface area contributed by atoms with Crippen LogP contribution in [0.25, 0.3) is 0 Å². The van der Waals surface area contributed by atoms with Crippen LogP contribution in [0.5, 0.6) is 5.75 Å². The van der Waals surface area contributed by atoms with E-state index in [0.717, 1.165) is 6.07 Å². The Balaban J connectivity index is 3.48. The average molecular weight is 311 g/mol. The molecule has 1 aromatic rings. The van der Waals surface area contributed by atoms with Gasteiger partial charge in [-0.2, -0.15) is 13.2 Å². The third-order valence-corrected chi connectivity index (χ3v) is 2.89. The van der Waals surface area contributed by atoms with Crippen molar-refractivity contribution in [3.8, 4) is 5.75 Å². The predicted molar refractivity (Wildman–Crippen MR) is 60.3 cm³/mol. The first-order chi connectivity index (χ1) is 7.79. The van der Waals surface area contributed by atoms with E-state index in [2.05, 4.69) is 15.9 Å². The molecule has 0 saturated carbocycles. The minimum Gasteiger partial charge on any atom is -0.493 e. The number of hydrogen-bond donors (Lipinski definition) is 0. The molecule has 0 N–H and O–H groups in total. The molecule has 0 bridgehead atoms. The number of carbonyl (C=O) groups excluding carboxylic acids is 1. The topological polar surface area (TPSA) is 26.3 Å². The van der Waals surface area contributed by atoms with Crippen LogP contribution in [0.3, 0.4) is 0 Å². The van der Waals surface area contributed by atoms with Crippen LogP contribution in [0.2, 0.25) is 0 Å². The molecule has 0 unspecified atom stereocenters. The fraction of sp³-hybridized carbons (Fsp3) is 0.364. The molecule has 0 spiro atoms. The summed E-state index contributed by atoms with van der Waals surface area (Å²) in [7, 11) is 0. The normalized spacial score (nSPS) is 11.4. The molecule has 2 nitrogen and oxygen atoms in total. The molecule has 0 aliphatic carbocycles. The number of rotatable bonds is 3. The molecule has 0 fully saturated rings. The molecule has 0 aliphatic heterocycles. The second-order valence-corrected chi connectivity index (χ2v) is 4.08. The van der Waals surface area contributed by atoms with Crippen LogP contribution in [0, 0.1) is 0 Å². The van der Waals surface area contributed by atoms with Gasteiger partial charge in [0.2, 0.25) is 0 Å². The van der Waals surface area contributed by atoms with E-state index in [1.54, 1.807) is 6.92 Å². The first kappa shape index (κ1) is 14.0. The predicted octanol–water partition coefficient (Wildman–Crippen LogP) is 4.07. The van der Waals surface area contributed by atoms with Gasteiger partial charge in [0.25, 0.3) is 0 Å². The standard InChI is InChI=1S/C11H10BrF3O2/c1-3-17-8-5-4-7(6(2)16)10(12)9(8)11(13,14)15/h4-5H,3H2,1-2H3. The Morgan fingerprint density at radius 1 is 1.41 bits per heavy atom. The number of benzene rings is 1. The van der Waals surface area contributed by atoms with Gasteiger partial charge >= 0.3 is 6.18 Å². The van der Waals surface area contributed by atoms with Crippen molar-refractivity contribution >= 4 is 21.7 Å². The number of ether oxygens (including phenoxy) is 1. The van der Waals surface area contributed by atoms with Crippen molar-refractivity contribution in [3.63, 3.8) is 0 Å². The van der Waals surface area contributed by atoms with Crippen molar-refractivity contribution < 1.29 is 22.7 Å². The highest BCUT2D eigenvalue weighted by molar-refractivity contribution is 9.10. The molecule has 6 heteroatoms. The first-order valence-electron chi connectivity index (χ1n) is 4.82. The SMILES string of the molecule is CCOc1ccc(C(C)=O)c(Br)c1C(F)(F)F. The number of alkyl halides is 3. The Labute approximate surface area is 105 Å². The maximum absolute atomic E-state index is 12.9. The summed E-state index contributed by atoms with van der Waals surface area (Å²) in [5.41, 5.74) is -0.965. The van der Waals surface area contributed by atoms with Crippen molar-refractivity contribution in [1.82, 2.24) is 0 Å². The molecule has 94 valence electrons. The molecule has 0 radical (unpaired) electrons. The van der Waals surface area contributed by atoms with Gasteiger partial charge in [-0.15, -0.1) is 0 Å². The summed E-state index contributed by atoms with van der Waals surface area (Å²) in [6, 6.07) is 2.47. The van der Waals surface area contributed by atoms with Crippen molar-refractivity contribution in [2.75, 3.05) is 6.61 Å². The lowest BCUT2D eigenvalue weighted by atomic mass is 10.1. The summed E-state index contributed by atoms with van der Waals surface area (Å²) in [6.45, 7) is 2.92. The van der Waals surface area contributed by atoms with E-state index in [1.807, 2.05) is 0 Å². The summed E-state index contributed by atoms with van der Waals surface area (Å²) >= 11 is 2.82. The Morgan fingerprint density at radius 2 is 2.00 bits per heavy atom. The highest BCUT2D eigenvalue weighted by atomic mass is 79.9. The number of ketones is 1. The first-order valence-corrected chi connectivity index (χ1v) is 5.61. The zero-order valence-corrected chi connectivity index (χ0v) is 10.8. The number of hydrogen-bond acceptors (Lipinski definition) is 2. The smallest absolute Gasteiger partial charge is 0.421 e. The van der Waals surface area contributed by atoms with Crippen LogP contribution in [-0.2, 0) is 6.18 Å². The Kier molecular flexibility index (Phi) is 4.19. The van der Waals surface area contributed by atoms with E-state index in [4.69, 9.17) is 4.74 Å². The Bertz CT molecular complexity index is 441. The second-order valence-electron chi connectivity index (χ2n) is 3.29. The maximum atomic E-state index is 12.9. The minimum absolute atomic E-state index is 0.0132. The lowest BCUT2D eigenvalue weighted by Gasteiger charge is -2.16. The molecule has 0 saturated heterocycles. The van der Waals surface area contributed by atoms with Gasteiger partial charge in [0.15, 0.2) is 5.78 Å². The lowest BCUT2D eigenvalue weighted by molar-refractivity contribution is -0.139. The fourth-order valence-corrected chi connectivity index (χ4v) is 2.20. The highest BCUT2D eigenvalue weighted by Crippen LogP contribution is 2.42. The molecule has 1 rings (SSSR count). The van der Waals surface area contributed by atoms with Crippen LogP contribution in [0.1, 0.15) is 29.8 Å². The Hall–Kier alpha value is -1.04. The Morgan fingerprint density at radius 3 is 2.41 bits per heavy atom. The van der Waals surface area contributed by atoms with Gasteiger partial charge in [-0.05, 0) is 41.9 Å². The zero-order valence-electron chi connectivity index (χ0n) is 9.19. The van der Waals surface area contributed by atoms with E-state index in [0.29, 0.717) is 0 Å². The van der Waals surface area contributed by atoms with E-state index in [9.17, 15) is 18.0 Å². The largest absolute Gasteiger partial charge is 0.493 e. The van der Waals surface area contributed by atoms with Gasteiger partial charge in [-0.3, -0.25) is 4.79 Å². The van der Waals surface area contributed by atoms with Crippen LogP contribution in [-0.4, -0.2) is 12.4 Å². The monoisotopic (exact) mass is 310 g/mol. The van der Waals surface area contributed by atoms with Crippen LogP contribution in [0.15, 0.2) is 16.6 Å². The van der Waals surface area contributed by atoms with Gasteiger partial charge in [0.05, 0.1) is 6.61 Å². The number of carbonyl (C=O) groups is 1. The zero-order chi connectivity index (χ0) is 13.2. The molecule has 0 amide bonds. The van der Waals surface area contributed by atoms with Crippen LogP contribution < -0.4 is 4.74 Å². The minimum atomic E-state index is -4.57. The van der Waals surface area contributed by atoms with Gasteiger partial charge in [-0.1, -0.05) is 0 Å². The highest BCUT2D eigenvalue weighted by Gasteiger charge is 2.38. The van der Waals surface area contributed by atoms with Crippen molar-refractivity contribution in [2.24, 2.45) is 0 Å². The van der Waals surface area contributed by atoms with Crippen LogP contribution >= 0.6 is 15.9 Å². The van der Waals surface area contributed by atoms with E-state index in [-0.39, 0.29) is 22.4 Å². The van der Waals surface area contributed by atoms with E-state index < -0.39 is 17.5 Å². The second kappa shape index (κ2) is 5.08. The van der Waals surface area contributed by atoms with Gasteiger partial charge < -0.3 is 4.74 Å². The van der Waals surface area contributed by atoms with Crippen molar-refractivity contribution in [1.29, 1.82) is 0 Å². The molecular formula is C11H10BrF3O2. The summed E-state index contributed by atoms with van der Waals surface area (Å²) in [6.07, 6.45) is -4.57. The summed E-state index contributed by atoms with van der Waals surface area (Å²) in [4.78, 5) is 11.2. The molecule has 0 aromatic heterocycles. The van der Waals surface area contributed by atoms with E-state index >= 15 is 0 Å². The quantitative estimate of drug-likeness (QED) is 0.787. The lowest BCUT2D eigenvalue weighted by Crippen LogP contribution is -2.12. The number of Topliss-reactive ketones (excluding diaryl/α,β-unsaturated/α-hetero) is 1. The third kappa shape index (κ3) is 3.00. The molecule has 1 aromatic carbocycles. The molecule has 0 atom stereocenters. The van der Waals surface area contributed by atoms with Gasteiger partial charge in [0, 0.05) is 10.0 Å². The maximum Gasteiger partial charge on any atom is 0.421 e. The van der Waals surface area contributed by atoms with Crippen LogP contribution in [0.4, 0.5) is 13.2 Å². The van der Waals surface area contributed by atoms with Gasteiger partial charge in [-0.25, -0.2) is 0 Å². The summed E-state index contributed by atoms with van der Waals surface area (Å²) in [5, 5.41) is 0. The summed E-state index contributed by atoms with van der Waals surface area (Å²) in [5.74, 6) is -0.720. The van der Waals surface area contributed by atoms with E-state index in [1.165, 1.54) is 13.0 Å². The third-order valence-electron chi connectivity index (χ3n) is 2.07. The molecule has 0 aliphatic rings. The molecule has 17 heavy (non-hydrogen) atoms. The fourth-order valence-electron chi connectivity index (χ4n) is 1.37. The average Bonchev–Trinajstić information content (AvgIpc) is 2.15. The molecule has 0 heterocycles. The number of halogens is 4. The van der Waals surface area contributed by atoms with Gasteiger partial charge in [0.1, 0.15) is 11.3 Å². The van der Waals surface area contributed by atoms with Crippen molar-refractivity contribution in [2.45, 2.75) is 20.0 Å². The molecular weight excluding hydrogens is 301 g/mol. The summed E-state index contributed by atoms with van der Waals surface area (Å²) < 4.78 is 43.2. The van der Waals surface area contributed by atoms with Crippen molar-refractivity contribution in [3.05, 3.63) is 27.7 Å².